The van der Waals surface area contributed by atoms with Crippen LogP contribution in [0, 0.1) is 11.8 Å². The van der Waals surface area contributed by atoms with Crippen LogP contribution in [-0.2, 0) is 11.2 Å². The maximum atomic E-state index is 12.4. The number of para-hydroxylation sites is 1. The highest BCUT2D eigenvalue weighted by Crippen LogP contribution is 2.36. The molecule has 1 aromatic rings. The standard InChI is InChI=1S/C16H20N2O3/c1-10(11-6-7-11)9-17-16(21)18-13-5-3-2-4-12(13)8-14(18)15(19)20/h2-5,10-11,14H,6-9H2,1H3,(H,17,21)(H,19,20)/t10?,14-/m0/s1. The first-order chi connectivity index (χ1) is 10.1. The van der Waals surface area contributed by atoms with E-state index in [1.807, 2.05) is 24.3 Å². The zero-order valence-electron chi connectivity index (χ0n) is 12.1. The smallest absolute Gasteiger partial charge is 0.327 e. The van der Waals surface area contributed by atoms with Crippen molar-refractivity contribution in [1.29, 1.82) is 0 Å². The number of urea groups is 1. The van der Waals surface area contributed by atoms with Gasteiger partial charge in [-0.1, -0.05) is 25.1 Å². The van der Waals surface area contributed by atoms with Crippen LogP contribution in [0.1, 0.15) is 25.3 Å². The summed E-state index contributed by atoms with van der Waals surface area (Å²) in [5.74, 6) is 0.207. The third-order valence-electron chi connectivity index (χ3n) is 4.48. The quantitative estimate of drug-likeness (QED) is 0.893. The van der Waals surface area contributed by atoms with Gasteiger partial charge in [-0.25, -0.2) is 9.59 Å². The summed E-state index contributed by atoms with van der Waals surface area (Å²) in [7, 11) is 0. The normalized spacial score (nSPS) is 21.8. The Hall–Kier alpha value is -2.04. The SMILES string of the molecule is CC(CNC(=O)N1c2ccccc2C[C@H]1C(=O)O)C1CC1. The van der Waals surface area contributed by atoms with Crippen molar-refractivity contribution in [3.05, 3.63) is 29.8 Å². The molecular formula is C16H20N2O3. The van der Waals surface area contributed by atoms with Gasteiger partial charge < -0.3 is 10.4 Å². The number of nitrogens with one attached hydrogen (secondary N) is 1. The molecule has 0 bridgehead atoms. The molecule has 3 rings (SSSR count). The number of anilines is 1. The number of hydrogen-bond acceptors (Lipinski definition) is 2. The number of fused-ring (bicyclic) bond motifs is 1. The molecule has 0 radical (unpaired) electrons. The van der Waals surface area contributed by atoms with E-state index in [-0.39, 0.29) is 6.03 Å². The van der Waals surface area contributed by atoms with Crippen molar-refractivity contribution in [3.8, 4) is 0 Å². The number of carboxylic acids is 1. The zero-order valence-corrected chi connectivity index (χ0v) is 12.1. The van der Waals surface area contributed by atoms with Crippen LogP contribution in [0.3, 0.4) is 0 Å². The molecule has 21 heavy (non-hydrogen) atoms. The molecule has 5 heteroatoms. The third kappa shape index (κ3) is 2.73. The van der Waals surface area contributed by atoms with Crippen LogP contribution >= 0.6 is 0 Å². The Labute approximate surface area is 123 Å². The molecule has 0 aromatic heterocycles. The third-order valence-corrected chi connectivity index (χ3v) is 4.48. The second kappa shape index (κ2) is 5.39. The number of nitrogens with zero attached hydrogens (tertiary/aromatic N) is 1. The van der Waals surface area contributed by atoms with E-state index in [1.54, 1.807) is 0 Å². The summed E-state index contributed by atoms with van der Waals surface area (Å²) < 4.78 is 0. The lowest BCUT2D eigenvalue weighted by Gasteiger charge is -2.24. The first kappa shape index (κ1) is 13.9. The van der Waals surface area contributed by atoms with Crippen LogP contribution in [0.25, 0.3) is 0 Å². The Bertz CT molecular complexity index is 568. The summed E-state index contributed by atoms with van der Waals surface area (Å²) >= 11 is 0. The molecule has 1 aliphatic carbocycles. The number of amides is 2. The summed E-state index contributed by atoms with van der Waals surface area (Å²) in [5, 5.41) is 12.3. The maximum absolute atomic E-state index is 12.4. The van der Waals surface area contributed by atoms with Crippen LogP contribution in [0.2, 0.25) is 0 Å². The van der Waals surface area contributed by atoms with Crippen LogP contribution < -0.4 is 10.2 Å². The summed E-state index contributed by atoms with van der Waals surface area (Å²) in [6.45, 7) is 2.74. The van der Waals surface area contributed by atoms with Crippen LogP contribution in [0.15, 0.2) is 24.3 Å². The highest BCUT2D eigenvalue weighted by atomic mass is 16.4. The van der Waals surface area contributed by atoms with Gasteiger partial charge in [0.15, 0.2) is 0 Å². The van der Waals surface area contributed by atoms with Crippen molar-refractivity contribution in [2.45, 2.75) is 32.2 Å². The number of carbonyl (C=O) groups is 2. The predicted molar refractivity (Wildman–Crippen MR) is 79.3 cm³/mol. The number of carbonyl (C=O) groups excluding carboxylic acids is 1. The van der Waals surface area contributed by atoms with E-state index >= 15 is 0 Å². The number of hydrogen-bond donors (Lipinski definition) is 2. The minimum atomic E-state index is -0.961. The predicted octanol–water partition coefficient (Wildman–Crippen LogP) is 2.26. The van der Waals surface area contributed by atoms with Crippen LogP contribution in [0.4, 0.5) is 10.5 Å². The molecule has 2 amide bonds. The van der Waals surface area contributed by atoms with Crippen molar-refractivity contribution < 1.29 is 14.7 Å². The van der Waals surface area contributed by atoms with Gasteiger partial charge in [0, 0.05) is 18.7 Å². The van der Waals surface area contributed by atoms with E-state index in [0.717, 1.165) is 5.56 Å². The monoisotopic (exact) mass is 288 g/mol. The fourth-order valence-electron chi connectivity index (χ4n) is 3.00. The Morgan fingerprint density at radius 2 is 2.10 bits per heavy atom. The van der Waals surface area contributed by atoms with Gasteiger partial charge in [0.2, 0.25) is 0 Å². The van der Waals surface area contributed by atoms with Crippen molar-refractivity contribution in [1.82, 2.24) is 5.32 Å². The largest absolute Gasteiger partial charge is 0.480 e. The molecule has 1 saturated carbocycles. The fourth-order valence-corrected chi connectivity index (χ4v) is 3.00. The zero-order chi connectivity index (χ0) is 15.0. The van der Waals surface area contributed by atoms with Crippen molar-refractivity contribution >= 4 is 17.7 Å². The molecule has 112 valence electrons. The lowest BCUT2D eigenvalue weighted by Crippen LogP contribution is -2.48. The van der Waals surface area contributed by atoms with Gasteiger partial charge >= 0.3 is 12.0 Å². The summed E-state index contributed by atoms with van der Waals surface area (Å²) in [6.07, 6.45) is 2.85. The van der Waals surface area contributed by atoms with E-state index in [0.29, 0.717) is 30.5 Å². The number of benzene rings is 1. The number of rotatable bonds is 4. The molecular weight excluding hydrogens is 268 g/mol. The molecule has 1 heterocycles. The first-order valence-corrected chi connectivity index (χ1v) is 7.45. The average Bonchev–Trinajstić information content (AvgIpc) is 3.24. The highest BCUT2D eigenvalue weighted by molar-refractivity contribution is 6.01. The van der Waals surface area contributed by atoms with Crippen molar-refractivity contribution in [3.63, 3.8) is 0 Å². The van der Waals surface area contributed by atoms with Gasteiger partial charge in [-0.3, -0.25) is 4.90 Å². The Morgan fingerprint density at radius 1 is 1.38 bits per heavy atom. The second-order valence-corrected chi connectivity index (χ2v) is 6.06. The second-order valence-electron chi connectivity index (χ2n) is 6.06. The van der Waals surface area contributed by atoms with Crippen molar-refractivity contribution in [2.75, 3.05) is 11.4 Å². The summed E-state index contributed by atoms with van der Waals surface area (Å²) in [4.78, 5) is 25.2. The van der Waals surface area contributed by atoms with Crippen molar-refractivity contribution in [2.24, 2.45) is 11.8 Å². The molecule has 0 spiro atoms. The van der Waals surface area contributed by atoms with Gasteiger partial charge in [0.25, 0.3) is 0 Å². The maximum Gasteiger partial charge on any atom is 0.327 e. The first-order valence-electron chi connectivity index (χ1n) is 7.45. The Balaban J connectivity index is 1.73. The lowest BCUT2D eigenvalue weighted by atomic mass is 10.1. The topological polar surface area (TPSA) is 69.6 Å². The van der Waals surface area contributed by atoms with E-state index in [1.165, 1.54) is 17.7 Å². The van der Waals surface area contributed by atoms with Gasteiger partial charge in [0.1, 0.15) is 6.04 Å². The Morgan fingerprint density at radius 3 is 2.76 bits per heavy atom. The number of aliphatic carboxylic acids is 1. The summed E-state index contributed by atoms with van der Waals surface area (Å²) in [5.41, 5.74) is 1.62. The molecule has 0 saturated heterocycles. The van der Waals surface area contributed by atoms with E-state index < -0.39 is 12.0 Å². The van der Waals surface area contributed by atoms with E-state index in [4.69, 9.17) is 0 Å². The molecule has 1 aliphatic heterocycles. The van der Waals surface area contributed by atoms with E-state index in [9.17, 15) is 14.7 Å². The molecule has 2 aliphatic rings. The Kier molecular flexibility index (Phi) is 3.57. The highest BCUT2D eigenvalue weighted by Gasteiger charge is 2.38. The molecule has 5 nitrogen and oxygen atoms in total. The van der Waals surface area contributed by atoms with Gasteiger partial charge in [-0.15, -0.1) is 0 Å². The van der Waals surface area contributed by atoms with Gasteiger partial charge in [-0.2, -0.15) is 0 Å². The summed E-state index contributed by atoms with van der Waals surface area (Å²) in [6, 6.07) is 6.27. The van der Waals surface area contributed by atoms with Gasteiger partial charge in [0.05, 0.1) is 0 Å². The fraction of sp³-hybridized carbons (Fsp3) is 0.500. The molecule has 1 unspecified atom stereocenters. The lowest BCUT2D eigenvalue weighted by molar-refractivity contribution is -0.138. The molecule has 2 atom stereocenters. The molecule has 2 N–H and O–H groups in total. The minimum absolute atomic E-state index is 0.306. The van der Waals surface area contributed by atoms with E-state index in [2.05, 4.69) is 12.2 Å². The molecule has 1 fully saturated rings. The van der Waals surface area contributed by atoms with Crippen LogP contribution in [-0.4, -0.2) is 29.7 Å². The minimum Gasteiger partial charge on any atom is -0.480 e. The van der Waals surface area contributed by atoms with Crippen LogP contribution in [0.5, 0.6) is 0 Å². The van der Waals surface area contributed by atoms with Gasteiger partial charge in [-0.05, 0) is 36.3 Å². The number of carboxylic acid groups (broad SMARTS) is 1. The molecule has 1 aromatic carbocycles. The average molecular weight is 288 g/mol.